The highest BCUT2D eigenvalue weighted by atomic mass is 35.5. The van der Waals surface area contributed by atoms with Crippen LogP contribution in [-0.4, -0.2) is 25.9 Å². The molecule has 5 nitrogen and oxygen atoms in total. The first-order valence-corrected chi connectivity index (χ1v) is 6.07. The summed E-state index contributed by atoms with van der Waals surface area (Å²) in [5.41, 5.74) is 0.793. The monoisotopic (exact) mass is 266 g/mol. The molecule has 0 amide bonds. The van der Waals surface area contributed by atoms with Crippen LogP contribution in [0, 0.1) is 13.8 Å². The summed E-state index contributed by atoms with van der Waals surface area (Å²) in [5, 5.41) is 4.67. The summed E-state index contributed by atoms with van der Waals surface area (Å²) >= 11 is 6.04. The van der Waals surface area contributed by atoms with E-state index in [2.05, 4.69) is 15.1 Å². The van der Waals surface area contributed by atoms with Crippen LogP contribution in [0.5, 0.6) is 5.75 Å². The Kier molecular flexibility index (Phi) is 3.52. The predicted molar refractivity (Wildman–Crippen MR) is 69.4 cm³/mol. The molecule has 0 aromatic carbocycles. The fraction of sp³-hybridized carbons (Fsp3) is 0.417. The highest BCUT2D eigenvalue weighted by molar-refractivity contribution is 6.30. The summed E-state index contributed by atoms with van der Waals surface area (Å²) in [7, 11) is 0. The third kappa shape index (κ3) is 2.61. The number of ether oxygens (including phenoxy) is 1. The average Bonchev–Trinajstić information content (AvgIpc) is 2.70. The third-order valence-corrected chi connectivity index (χ3v) is 2.69. The lowest BCUT2D eigenvalue weighted by Gasteiger charge is -2.07. The van der Waals surface area contributed by atoms with E-state index in [1.54, 1.807) is 24.0 Å². The summed E-state index contributed by atoms with van der Waals surface area (Å²) in [6.45, 7) is 7.59. The van der Waals surface area contributed by atoms with Gasteiger partial charge in [-0.05, 0) is 27.7 Å². The van der Waals surface area contributed by atoms with E-state index in [1.807, 2.05) is 20.8 Å². The van der Waals surface area contributed by atoms with Gasteiger partial charge in [0.2, 0.25) is 0 Å². The number of halogens is 1. The van der Waals surface area contributed by atoms with Crippen LogP contribution in [0.1, 0.15) is 25.2 Å². The first-order chi connectivity index (χ1) is 8.47. The Morgan fingerprint density at radius 3 is 2.67 bits per heavy atom. The molecule has 2 aromatic rings. The minimum atomic E-state index is 0.111. The number of nitrogens with zero attached hydrogens (tertiary/aromatic N) is 4. The molecule has 0 fully saturated rings. The molecule has 6 heteroatoms. The van der Waals surface area contributed by atoms with Crippen molar-refractivity contribution in [3.05, 3.63) is 28.9 Å². The second-order valence-corrected chi connectivity index (χ2v) is 4.66. The molecule has 2 heterocycles. The Hall–Kier alpha value is -1.62. The molecule has 0 aliphatic rings. The Labute approximate surface area is 111 Å². The number of aryl methyl sites for hydroxylation is 1. The Morgan fingerprint density at radius 1 is 1.28 bits per heavy atom. The lowest BCUT2D eigenvalue weighted by Crippen LogP contribution is -2.06. The van der Waals surface area contributed by atoms with Crippen LogP contribution in [0.2, 0.25) is 5.15 Å². The molecular formula is C12H15ClN4O. The maximum atomic E-state index is 6.04. The number of hydrogen-bond donors (Lipinski definition) is 0. The molecule has 0 saturated carbocycles. The van der Waals surface area contributed by atoms with Gasteiger partial charge in [-0.2, -0.15) is 5.10 Å². The van der Waals surface area contributed by atoms with Gasteiger partial charge in [0.25, 0.3) is 0 Å². The highest BCUT2D eigenvalue weighted by Crippen LogP contribution is 2.20. The quantitative estimate of drug-likeness (QED) is 0.802. The van der Waals surface area contributed by atoms with E-state index in [0.717, 1.165) is 5.56 Å². The molecule has 0 atom stereocenters. The molecular weight excluding hydrogens is 252 g/mol. The van der Waals surface area contributed by atoms with E-state index in [9.17, 15) is 0 Å². The molecule has 0 aliphatic carbocycles. The maximum Gasteiger partial charge on any atom is 0.161 e. The summed E-state index contributed by atoms with van der Waals surface area (Å²) in [6, 6.07) is 0. The summed E-state index contributed by atoms with van der Waals surface area (Å²) in [4.78, 5) is 8.44. The number of aromatic nitrogens is 4. The van der Waals surface area contributed by atoms with Crippen LogP contribution in [0.25, 0.3) is 5.82 Å². The van der Waals surface area contributed by atoms with Crippen LogP contribution < -0.4 is 4.74 Å². The van der Waals surface area contributed by atoms with Gasteiger partial charge < -0.3 is 4.74 Å². The molecule has 0 aliphatic heterocycles. The van der Waals surface area contributed by atoms with E-state index < -0.39 is 0 Å². The van der Waals surface area contributed by atoms with E-state index in [1.165, 1.54) is 0 Å². The molecule has 2 aromatic heterocycles. The average molecular weight is 267 g/mol. The van der Waals surface area contributed by atoms with Crippen molar-refractivity contribution in [1.29, 1.82) is 0 Å². The van der Waals surface area contributed by atoms with Crippen LogP contribution in [0.4, 0.5) is 0 Å². The van der Waals surface area contributed by atoms with E-state index in [4.69, 9.17) is 16.3 Å². The van der Waals surface area contributed by atoms with Gasteiger partial charge in [0.05, 0.1) is 18.5 Å². The van der Waals surface area contributed by atoms with Crippen molar-refractivity contribution in [3.8, 4) is 11.6 Å². The number of rotatable bonds is 3. The Balaban J connectivity index is 2.40. The summed E-state index contributed by atoms with van der Waals surface area (Å²) in [5.74, 6) is 1.99. The fourth-order valence-corrected chi connectivity index (χ4v) is 1.77. The molecule has 0 radical (unpaired) electrons. The van der Waals surface area contributed by atoms with Crippen molar-refractivity contribution < 1.29 is 4.74 Å². The standard InChI is InChI=1S/C12H15ClN4O/c1-7(2)18-10-5-14-17(6-10)12-8(3)11(13)15-9(4)16-12/h5-7H,1-4H3. The largest absolute Gasteiger partial charge is 0.488 e. The van der Waals surface area contributed by atoms with Crippen molar-refractivity contribution in [3.63, 3.8) is 0 Å². The van der Waals surface area contributed by atoms with Gasteiger partial charge in [-0.25, -0.2) is 14.6 Å². The zero-order chi connectivity index (χ0) is 13.3. The first kappa shape index (κ1) is 12.8. The molecule has 0 bridgehead atoms. The number of hydrogen-bond acceptors (Lipinski definition) is 4. The van der Waals surface area contributed by atoms with Crippen LogP contribution in [-0.2, 0) is 0 Å². The van der Waals surface area contributed by atoms with E-state index in [-0.39, 0.29) is 6.10 Å². The van der Waals surface area contributed by atoms with Crippen molar-refractivity contribution in [2.75, 3.05) is 0 Å². The van der Waals surface area contributed by atoms with Crippen LogP contribution >= 0.6 is 11.6 Å². The minimum absolute atomic E-state index is 0.111. The van der Waals surface area contributed by atoms with E-state index in [0.29, 0.717) is 22.5 Å². The van der Waals surface area contributed by atoms with Crippen molar-refractivity contribution >= 4 is 11.6 Å². The molecule has 0 N–H and O–H groups in total. The SMILES string of the molecule is Cc1nc(Cl)c(C)c(-n2cc(OC(C)C)cn2)n1. The van der Waals surface area contributed by atoms with Crippen LogP contribution in [0.3, 0.4) is 0 Å². The normalized spacial score (nSPS) is 11.0. The molecule has 0 spiro atoms. The fourth-order valence-electron chi connectivity index (χ4n) is 1.56. The molecule has 96 valence electrons. The van der Waals surface area contributed by atoms with Crippen molar-refractivity contribution in [2.45, 2.75) is 33.8 Å². The molecule has 2 rings (SSSR count). The van der Waals surface area contributed by atoms with Gasteiger partial charge in [-0.1, -0.05) is 11.6 Å². The van der Waals surface area contributed by atoms with Gasteiger partial charge in [-0.3, -0.25) is 0 Å². The second-order valence-electron chi connectivity index (χ2n) is 4.30. The lowest BCUT2D eigenvalue weighted by atomic mass is 10.3. The minimum Gasteiger partial charge on any atom is -0.488 e. The topological polar surface area (TPSA) is 52.8 Å². The zero-order valence-corrected chi connectivity index (χ0v) is 11.6. The smallest absolute Gasteiger partial charge is 0.161 e. The summed E-state index contributed by atoms with van der Waals surface area (Å²) in [6.07, 6.45) is 3.55. The third-order valence-electron chi connectivity index (χ3n) is 2.32. The second kappa shape index (κ2) is 4.94. The highest BCUT2D eigenvalue weighted by Gasteiger charge is 2.11. The first-order valence-electron chi connectivity index (χ1n) is 5.70. The Morgan fingerprint density at radius 2 is 2.00 bits per heavy atom. The van der Waals surface area contributed by atoms with Crippen molar-refractivity contribution in [1.82, 2.24) is 19.7 Å². The van der Waals surface area contributed by atoms with Gasteiger partial charge in [0.1, 0.15) is 11.0 Å². The van der Waals surface area contributed by atoms with Gasteiger partial charge in [0, 0.05) is 5.56 Å². The zero-order valence-electron chi connectivity index (χ0n) is 10.8. The lowest BCUT2D eigenvalue weighted by molar-refractivity contribution is 0.242. The van der Waals surface area contributed by atoms with Gasteiger partial charge >= 0.3 is 0 Å². The molecule has 18 heavy (non-hydrogen) atoms. The molecule has 0 saturated heterocycles. The van der Waals surface area contributed by atoms with Crippen molar-refractivity contribution in [2.24, 2.45) is 0 Å². The van der Waals surface area contributed by atoms with E-state index >= 15 is 0 Å². The van der Waals surface area contributed by atoms with Gasteiger partial charge in [-0.15, -0.1) is 0 Å². The Bertz CT molecular complexity index is 565. The predicted octanol–water partition coefficient (Wildman–Crippen LogP) is 2.72. The van der Waals surface area contributed by atoms with Gasteiger partial charge in [0.15, 0.2) is 11.6 Å². The summed E-state index contributed by atoms with van der Waals surface area (Å²) < 4.78 is 7.20. The van der Waals surface area contributed by atoms with Crippen LogP contribution in [0.15, 0.2) is 12.4 Å². The molecule has 0 unspecified atom stereocenters. The maximum absolute atomic E-state index is 6.04.